The molecule has 2 unspecified atom stereocenters. The SMILES string of the molecule is CCCC(C)C(NC)c1ccnn1CCC. The van der Waals surface area contributed by atoms with Gasteiger partial charge in [0.05, 0.1) is 11.7 Å². The Kier molecular flexibility index (Phi) is 5.53. The summed E-state index contributed by atoms with van der Waals surface area (Å²) in [5.74, 6) is 0.655. The quantitative estimate of drug-likeness (QED) is 0.770. The summed E-state index contributed by atoms with van der Waals surface area (Å²) in [6, 6.07) is 2.57. The number of aromatic nitrogens is 2. The highest BCUT2D eigenvalue weighted by molar-refractivity contribution is 5.08. The van der Waals surface area contributed by atoms with E-state index in [4.69, 9.17) is 0 Å². The molecule has 16 heavy (non-hydrogen) atoms. The van der Waals surface area contributed by atoms with E-state index in [1.165, 1.54) is 18.5 Å². The maximum absolute atomic E-state index is 4.39. The van der Waals surface area contributed by atoms with Gasteiger partial charge in [-0.05, 0) is 31.9 Å². The molecule has 0 aromatic carbocycles. The number of nitrogens with one attached hydrogen (secondary N) is 1. The second-order valence-electron chi connectivity index (χ2n) is 4.51. The Labute approximate surface area is 99.2 Å². The summed E-state index contributed by atoms with van der Waals surface area (Å²) in [7, 11) is 2.04. The highest BCUT2D eigenvalue weighted by Gasteiger charge is 2.20. The van der Waals surface area contributed by atoms with E-state index in [1.54, 1.807) is 0 Å². The van der Waals surface area contributed by atoms with Crippen LogP contribution in [-0.2, 0) is 6.54 Å². The minimum absolute atomic E-state index is 0.425. The van der Waals surface area contributed by atoms with Crippen LogP contribution in [0.4, 0.5) is 0 Å². The van der Waals surface area contributed by atoms with E-state index in [0.29, 0.717) is 12.0 Å². The molecule has 0 radical (unpaired) electrons. The Bertz CT molecular complexity index is 293. The van der Waals surface area contributed by atoms with E-state index in [2.05, 4.69) is 41.9 Å². The molecule has 1 heterocycles. The van der Waals surface area contributed by atoms with Crippen molar-refractivity contribution in [1.29, 1.82) is 0 Å². The average Bonchev–Trinajstić information content (AvgIpc) is 2.69. The van der Waals surface area contributed by atoms with Crippen LogP contribution in [0, 0.1) is 5.92 Å². The number of rotatable bonds is 7. The zero-order valence-corrected chi connectivity index (χ0v) is 11.0. The van der Waals surface area contributed by atoms with Crippen molar-refractivity contribution in [2.75, 3.05) is 7.05 Å². The minimum Gasteiger partial charge on any atom is -0.311 e. The molecule has 1 rings (SSSR count). The molecule has 0 amide bonds. The van der Waals surface area contributed by atoms with Gasteiger partial charge in [-0.3, -0.25) is 4.68 Å². The Morgan fingerprint density at radius 1 is 1.38 bits per heavy atom. The van der Waals surface area contributed by atoms with Crippen LogP contribution in [0.1, 0.15) is 51.8 Å². The standard InChI is InChI=1S/C13H25N3/c1-5-7-11(3)13(14-4)12-8-9-15-16(12)10-6-2/h8-9,11,13-14H,5-7,10H2,1-4H3. The van der Waals surface area contributed by atoms with Crippen molar-refractivity contribution in [2.24, 2.45) is 5.92 Å². The first-order valence-electron chi connectivity index (χ1n) is 6.43. The van der Waals surface area contributed by atoms with Crippen molar-refractivity contribution in [1.82, 2.24) is 15.1 Å². The summed E-state index contributed by atoms with van der Waals surface area (Å²) in [5, 5.41) is 7.82. The molecule has 0 fully saturated rings. The molecule has 0 aliphatic heterocycles. The monoisotopic (exact) mass is 223 g/mol. The van der Waals surface area contributed by atoms with Crippen LogP contribution in [-0.4, -0.2) is 16.8 Å². The van der Waals surface area contributed by atoms with Gasteiger partial charge >= 0.3 is 0 Å². The van der Waals surface area contributed by atoms with E-state index >= 15 is 0 Å². The highest BCUT2D eigenvalue weighted by Crippen LogP contribution is 2.25. The molecule has 3 nitrogen and oxygen atoms in total. The van der Waals surface area contributed by atoms with Gasteiger partial charge in [0.25, 0.3) is 0 Å². The third-order valence-corrected chi connectivity index (χ3v) is 3.13. The topological polar surface area (TPSA) is 29.9 Å². The fourth-order valence-corrected chi connectivity index (χ4v) is 2.35. The summed E-state index contributed by atoms with van der Waals surface area (Å²) in [5.41, 5.74) is 1.32. The van der Waals surface area contributed by atoms with Crippen molar-refractivity contribution in [3.8, 4) is 0 Å². The molecule has 0 saturated heterocycles. The molecule has 1 N–H and O–H groups in total. The summed E-state index contributed by atoms with van der Waals surface area (Å²) in [6.07, 6.45) is 5.53. The number of hydrogen-bond acceptors (Lipinski definition) is 2. The predicted octanol–water partition coefficient (Wildman–Crippen LogP) is 2.99. The van der Waals surface area contributed by atoms with Gasteiger partial charge in [-0.1, -0.05) is 27.2 Å². The fourth-order valence-electron chi connectivity index (χ4n) is 2.35. The van der Waals surface area contributed by atoms with Gasteiger partial charge in [-0.2, -0.15) is 5.10 Å². The van der Waals surface area contributed by atoms with Gasteiger partial charge in [-0.25, -0.2) is 0 Å². The molecular weight excluding hydrogens is 198 g/mol. The molecule has 1 aromatic heterocycles. The lowest BCUT2D eigenvalue weighted by atomic mass is 9.94. The largest absolute Gasteiger partial charge is 0.311 e. The molecule has 3 heteroatoms. The average molecular weight is 223 g/mol. The van der Waals surface area contributed by atoms with Crippen molar-refractivity contribution >= 4 is 0 Å². The van der Waals surface area contributed by atoms with E-state index in [-0.39, 0.29) is 0 Å². The van der Waals surface area contributed by atoms with Crippen molar-refractivity contribution < 1.29 is 0 Å². The lowest BCUT2D eigenvalue weighted by molar-refractivity contribution is 0.359. The summed E-state index contributed by atoms with van der Waals surface area (Å²) < 4.78 is 2.13. The first kappa shape index (κ1) is 13.2. The molecule has 0 bridgehead atoms. The summed E-state index contributed by atoms with van der Waals surface area (Å²) >= 11 is 0. The van der Waals surface area contributed by atoms with Gasteiger partial charge in [0.15, 0.2) is 0 Å². The molecule has 2 atom stereocenters. The lowest BCUT2D eigenvalue weighted by Crippen LogP contribution is -2.26. The van der Waals surface area contributed by atoms with Crippen molar-refractivity contribution in [3.63, 3.8) is 0 Å². The van der Waals surface area contributed by atoms with Gasteiger partial charge in [0, 0.05) is 12.7 Å². The maximum atomic E-state index is 4.39. The number of nitrogens with zero attached hydrogens (tertiary/aromatic N) is 2. The molecule has 92 valence electrons. The molecular formula is C13H25N3. The molecule has 0 aliphatic rings. The molecule has 0 spiro atoms. The van der Waals surface area contributed by atoms with Gasteiger partial charge in [-0.15, -0.1) is 0 Å². The van der Waals surface area contributed by atoms with E-state index in [1.807, 2.05) is 13.2 Å². The Balaban J connectivity index is 2.81. The third kappa shape index (κ3) is 3.08. The smallest absolute Gasteiger partial charge is 0.0556 e. The molecule has 1 aromatic rings. The van der Waals surface area contributed by atoms with Crippen molar-refractivity contribution in [2.45, 2.75) is 52.6 Å². The van der Waals surface area contributed by atoms with Gasteiger partial charge < -0.3 is 5.32 Å². The normalized spacial score (nSPS) is 15.0. The summed E-state index contributed by atoms with van der Waals surface area (Å²) in [4.78, 5) is 0. The van der Waals surface area contributed by atoms with Crippen LogP contribution < -0.4 is 5.32 Å². The van der Waals surface area contributed by atoms with Crippen LogP contribution in [0.3, 0.4) is 0 Å². The van der Waals surface area contributed by atoms with Crippen LogP contribution in [0.25, 0.3) is 0 Å². The van der Waals surface area contributed by atoms with Crippen LogP contribution in [0.5, 0.6) is 0 Å². The first-order valence-corrected chi connectivity index (χ1v) is 6.43. The second kappa shape index (κ2) is 6.69. The molecule has 0 aliphatic carbocycles. The first-order chi connectivity index (χ1) is 7.74. The van der Waals surface area contributed by atoms with E-state index in [9.17, 15) is 0 Å². The zero-order valence-electron chi connectivity index (χ0n) is 11.0. The van der Waals surface area contributed by atoms with Gasteiger partial charge in [0.2, 0.25) is 0 Å². The zero-order chi connectivity index (χ0) is 12.0. The second-order valence-corrected chi connectivity index (χ2v) is 4.51. The van der Waals surface area contributed by atoms with E-state index < -0.39 is 0 Å². The van der Waals surface area contributed by atoms with Crippen molar-refractivity contribution in [3.05, 3.63) is 18.0 Å². The fraction of sp³-hybridized carbons (Fsp3) is 0.769. The number of aryl methyl sites for hydroxylation is 1. The Morgan fingerprint density at radius 2 is 2.12 bits per heavy atom. The molecule has 0 saturated carbocycles. The number of hydrogen-bond donors (Lipinski definition) is 1. The van der Waals surface area contributed by atoms with Crippen LogP contribution in [0.15, 0.2) is 12.3 Å². The minimum atomic E-state index is 0.425. The Hall–Kier alpha value is -0.830. The van der Waals surface area contributed by atoms with Gasteiger partial charge in [0.1, 0.15) is 0 Å². The van der Waals surface area contributed by atoms with Crippen LogP contribution >= 0.6 is 0 Å². The highest BCUT2D eigenvalue weighted by atomic mass is 15.3. The predicted molar refractivity (Wildman–Crippen MR) is 68.4 cm³/mol. The van der Waals surface area contributed by atoms with E-state index in [0.717, 1.165) is 13.0 Å². The maximum Gasteiger partial charge on any atom is 0.0556 e. The summed E-state index contributed by atoms with van der Waals surface area (Å²) in [6.45, 7) is 7.76. The lowest BCUT2D eigenvalue weighted by Gasteiger charge is -2.24. The third-order valence-electron chi connectivity index (χ3n) is 3.13. The van der Waals surface area contributed by atoms with Crippen LogP contribution in [0.2, 0.25) is 0 Å². The Morgan fingerprint density at radius 3 is 2.69 bits per heavy atom.